The van der Waals surface area contributed by atoms with Gasteiger partial charge in [-0.25, -0.2) is 4.79 Å². The van der Waals surface area contributed by atoms with Gasteiger partial charge in [-0.05, 0) is 12.5 Å². The standard InChI is InChI=1S/C17H17N5O3S2/c1-2-21-15(24)13(12(23)9-26-16-20-19-10-27-16)14(18)22(17(21)25)8-11-6-4-3-5-7-11/h3-7,10H,2,8-9,18H2,1H3. The molecule has 2 aromatic heterocycles. The predicted molar refractivity (Wildman–Crippen MR) is 106 cm³/mol. The fraction of sp³-hybridized carbons (Fsp3) is 0.235. The molecular weight excluding hydrogens is 386 g/mol. The maximum Gasteiger partial charge on any atom is 0.332 e. The minimum Gasteiger partial charge on any atom is -0.384 e. The van der Waals surface area contributed by atoms with Gasteiger partial charge in [0.2, 0.25) is 0 Å². The Labute approximate surface area is 162 Å². The molecule has 0 fully saturated rings. The van der Waals surface area contributed by atoms with Crippen LogP contribution in [0.15, 0.2) is 49.8 Å². The molecule has 27 heavy (non-hydrogen) atoms. The first-order chi connectivity index (χ1) is 13.0. The largest absolute Gasteiger partial charge is 0.384 e. The van der Waals surface area contributed by atoms with E-state index in [2.05, 4.69) is 10.2 Å². The van der Waals surface area contributed by atoms with Gasteiger partial charge in [-0.3, -0.25) is 18.7 Å². The van der Waals surface area contributed by atoms with Crippen LogP contribution in [0.5, 0.6) is 0 Å². The minimum absolute atomic E-state index is 0.0120. The van der Waals surface area contributed by atoms with E-state index >= 15 is 0 Å². The third-order valence-corrected chi connectivity index (χ3v) is 5.77. The number of nitrogen functional groups attached to an aromatic ring is 1. The summed E-state index contributed by atoms with van der Waals surface area (Å²) in [7, 11) is 0. The molecule has 0 aliphatic rings. The molecule has 0 unspecified atom stereocenters. The Morgan fingerprint density at radius 2 is 1.96 bits per heavy atom. The second kappa shape index (κ2) is 8.31. The molecule has 3 rings (SSSR count). The van der Waals surface area contributed by atoms with E-state index in [0.29, 0.717) is 4.34 Å². The lowest BCUT2D eigenvalue weighted by Crippen LogP contribution is -2.44. The lowest BCUT2D eigenvalue weighted by Gasteiger charge is -2.15. The average molecular weight is 403 g/mol. The van der Waals surface area contributed by atoms with Crippen LogP contribution in [0, 0.1) is 0 Å². The Bertz CT molecular complexity index is 1060. The van der Waals surface area contributed by atoms with Gasteiger partial charge in [-0.15, -0.1) is 10.2 Å². The van der Waals surface area contributed by atoms with Gasteiger partial charge in [0.1, 0.15) is 16.9 Å². The van der Waals surface area contributed by atoms with Crippen molar-refractivity contribution in [2.24, 2.45) is 0 Å². The molecule has 8 nitrogen and oxygen atoms in total. The number of benzene rings is 1. The van der Waals surface area contributed by atoms with E-state index in [9.17, 15) is 14.4 Å². The Morgan fingerprint density at radius 3 is 2.59 bits per heavy atom. The van der Waals surface area contributed by atoms with E-state index in [4.69, 9.17) is 5.73 Å². The summed E-state index contributed by atoms with van der Waals surface area (Å²) >= 11 is 2.48. The van der Waals surface area contributed by atoms with Gasteiger partial charge in [0.25, 0.3) is 5.56 Å². The van der Waals surface area contributed by atoms with Crippen molar-refractivity contribution in [2.75, 3.05) is 11.5 Å². The van der Waals surface area contributed by atoms with Crippen molar-refractivity contribution in [3.63, 3.8) is 0 Å². The van der Waals surface area contributed by atoms with Crippen LogP contribution in [0.4, 0.5) is 5.82 Å². The SMILES string of the molecule is CCn1c(=O)c(C(=O)CSc2nncs2)c(N)n(Cc2ccccc2)c1=O. The van der Waals surface area contributed by atoms with Crippen LogP contribution in [0.25, 0.3) is 0 Å². The molecule has 2 heterocycles. The second-order valence-electron chi connectivity index (χ2n) is 5.58. The highest BCUT2D eigenvalue weighted by Crippen LogP contribution is 2.20. The van der Waals surface area contributed by atoms with Gasteiger partial charge >= 0.3 is 5.69 Å². The number of carbonyl (C=O) groups is 1. The molecule has 0 bridgehead atoms. The maximum atomic E-state index is 12.7. The van der Waals surface area contributed by atoms with E-state index in [1.54, 1.807) is 12.4 Å². The van der Waals surface area contributed by atoms with Gasteiger partial charge < -0.3 is 5.73 Å². The van der Waals surface area contributed by atoms with Gasteiger partial charge in [0.05, 0.1) is 12.3 Å². The van der Waals surface area contributed by atoms with Gasteiger partial charge in [-0.2, -0.15) is 0 Å². The molecule has 10 heteroatoms. The number of carbonyl (C=O) groups excluding carboxylic acids is 1. The zero-order valence-corrected chi connectivity index (χ0v) is 16.1. The van der Waals surface area contributed by atoms with E-state index in [1.165, 1.54) is 27.7 Å². The average Bonchev–Trinajstić information content (AvgIpc) is 3.18. The number of aromatic nitrogens is 4. The molecule has 3 aromatic rings. The number of thioether (sulfide) groups is 1. The van der Waals surface area contributed by atoms with Crippen molar-refractivity contribution in [1.29, 1.82) is 0 Å². The summed E-state index contributed by atoms with van der Waals surface area (Å²) in [6, 6.07) is 9.25. The van der Waals surface area contributed by atoms with E-state index in [0.717, 1.165) is 10.1 Å². The molecule has 2 N–H and O–H groups in total. The molecule has 0 saturated heterocycles. The van der Waals surface area contributed by atoms with E-state index < -0.39 is 17.0 Å². The summed E-state index contributed by atoms with van der Waals surface area (Å²) < 4.78 is 2.92. The van der Waals surface area contributed by atoms with Crippen molar-refractivity contribution in [1.82, 2.24) is 19.3 Å². The molecule has 0 amide bonds. The number of ketones is 1. The number of anilines is 1. The van der Waals surface area contributed by atoms with Crippen LogP contribution < -0.4 is 17.0 Å². The summed E-state index contributed by atoms with van der Waals surface area (Å²) in [5.41, 5.74) is 7.15. The number of hydrogen-bond donors (Lipinski definition) is 1. The van der Waals surface area contributed by atoms with Gasteiger partial charge in [0.15, 0.2) is 10.1 Å². The first-order valence-corrected chi connectivity index (χ1v) is 9.98. The van der Waals surface area contributed by atoms with Gasteiger partial charge in [-0.1, -0.05) is 53.4 Å². The lowest BCUT2D eigenvalue weighted by atomic mass is 10.2. The predicted octanol–water partition coefficient (Wildman–Crippen LogP) is 1.49. The van der Waals surface area contributed by atoms with Crippen LogP contribution in [-0.2, 0) is 13.1 Å². The highest BCUT2D eigenvalue weighted by atomic mass is 32.2. The highest BCUT2D eigenvalue weighted by molar-refractivity contribution is 8.01. The van der Waals surface area contributed by atoms with Crippen molar-refractivity contribution >= 4 is 34.7 Å². The first kappa shape index (κ1) is 19.1. The molecule has 1 aromatic carbocycles. The van der Waals surface area contributed by atoms with Crippen LogP contribution in [0.2, 0.25) is 0 Å². The molecule has 0 atom stereocenters. The molecule has 140 valence electrons. The third kappa shape index (κ3) is 4.01. The zero-order valence-electron chi connectivity index (χ0n) is 14.5. The summed E-state index contributed by atoms with van der Waals surface area (Å²) in [4.78, 5) is 38.0. The number of rotatable bonds is 7. The van der Waals surface area contributed by atoms with Gasteiger partial charge in [0, 0.05) is 6.54 Å². The molecule has 0 radical (unpaired) electrons. The lowest BCUT2D eigenvalue weighted by molar-refractivity contribution is 0.102. The number of nitrogens with two attached hydrogens (primary N) is 1. The summed E-state index contributed by atoms with van der Waals surface area (Å²) in [5.74, 6) is -0.565. The van der Waals surface area contributed by atoms with Crippen molar-refractivity contribution < 1.29 is 4.79 Å². The highest BCUT2D eigenvalue weighted by Gasteiger charge is 2.22. The normalized spacial score (nSPS) is 10.9. The Balaban J connectivity index is 2.02. The number of hydrogen-bond acceptors (Lipinski definition) is 8. The maximum absolute atomic E-state index is 12.7. The summed E-state index contributed by atoms with van der Waals surface area (Å²) in [5, 5.41) is 7.57. The fourth-order valence-electron chi connectivity index (χ4n) is 2.60. The van der Waals surface area contributed by atoms with Crippen LogP contribution in [-0.4, -0.2) is 30.9 Å². The zero-order chi connectivity index (χ0) is 19.4. The summed E-state index contributed by atoms with van der Waals surface area (Å²) in [6.07, 6.45) is 0. The molecular formula is C17H17N5O3S2. The van der Waals surface area contributed by atoms with Crippen molar-refractivity contribution in [2.45, 2.75) is 24.4 Å². The molecule has 0 spiro atoms. The smallest absolute Gasteiger partial charge is 0.332 e. The van der Waals surface area contributed by atoms with E-state index in [-0.39, 0.29) is 30.2 Å². The first-order valence-electron chi connectivity index (χ1n) is 8.12. The molecule has 0 aliphatic carbocycles. The third-order valence-electron chi connectivity index (χ3n) is 3.91. The van der Waals surface area contributed by atoms with Crippen LogP contribution in [0.1, 0.15) is 22.8 Å². The second-order valence-corrected chi connectivity index (χ2v) is 7.64. The molecule has 0 saturated carbocycles. The fourth-order valence-corrected chi connectivity index (χ4v) is 3.96. The van der Waals surface area contributed by atoms with Crippen molar-refractivity contribution in [3.8, 4) is 0 Å². The van der Waals surface area contributed by atoms with Crippen molar-refractivity contribution in [3.05, 3.63) is 67.8 Å². The summed E-state index contributed by atoms with van der Waals surface area (Å²) in [6.45, 7) is 2.00. The minimum atomic E-state index is -0.660. The Kier molecular flexibility index (Phi) is 5.87. The number of Topliss-reactive ketones (excluding diaryl/α,β-unsaturated/α-hetero) is 1. The molecule has 0 aliphatic heterocycles. The Hall–Kier alpha value is -2.72. The van der Waals surface area contributed by atoms with E-state index in [1.807, 2.05) is 30.3 Å². The number of nitrogens with zero attached hydrogens (tertiary/aromatic N) is 4. The van der Waals surface area contributed by atoms with Crippen LogP contribution >= 0.6 is 23.1 Å². The monoisotopic (exact) mass is 403 g/mol. The topological polar surface area (TPSA) is 113 Å². The Morgan fingerprint density at radius 1 is 1.22 bits per heavy atom. The van der Waals surface area contributed by atoms with Crippen LogP contribution in [0.3, 0.4) is 0 Å². The quantitative estimate of drug-likeness (QED) is 0.470.